The summed E-state index contributed by atoms with van der Waals surface area (Å²) in [7, 11) is 1.54. The summed E-state index contributed by atoms with van der Waals surface area (Å²) in [5, 5.41) is 11.3. The lowest BCUT2D eigenvalue weighted by Gasteiger charge is -2.25. The molecule has 3 aromatic rings. The Morgan fingerprint density at radius 2 is 1.83 bits per heavy atom. The average molecular weight is 487 g/mol. The largest absolute Gasteiger partial charge is 0.507 e. The number of hydrogen-bond donors (Lipinski definition) is 1. The van der Waals surface area contributed by atoms with Crippen molar-refractivity contribution < 1.29 is 29.0 Å². The number of benzene rings is 2. The zero-order valence-electron chi connectivity index (χ0n) is 20.2. The van der Waals surface area contributed by atoms with Gasteiger partial charge in [0.15, 0.2) is 0 Å². The van der Waals surface area contributed by atoms with E-state index in [-0.39, 0.29) is 23.7 Å². The number of rotatable bonds is 7. The Hall–Kier alpha value is -4.46. The molecule has 0 spiro atoms. The van der Waals surface area contributed by atoms with Gasteiger partial charge in [-0.2, -0.15) is 0 Å². The van der Waals surface area contributed by atoms with Crippen LogP contribution in [0.4, 0.5) is 5.69 Å². The maximum Gasteiger partial charge on any atom is 0.310 e. The van der Waals surface area contributed by atoms with E-state index in [4.69, 9.17) is 9.47 Å². The van der Waals surface area contributed by atoms with Gasteiger partial charge in [-0.15, -0.1) is 0 Å². The highest BCUT2D eigenvalue weighted by Gasteiger charge is 2.47. The number of aryl methyl sites for hydroxylation is 1. The van der Waals surface area contributed by atoms with Crippen LogP contribution in [-0.2, 0) is 25.5 Å². The second-order valence-corrected chi connectivity index (χ2v) is 8.25. The number of methoxy groups -OCH3 is 1. The molecule has 1 aromatic heterocycles. The van der Waals surface area contributed by atoms with Crippen molar-refractivity contribution in [3.8, 4) is 5.75 Å². The lowest BCUT2D eigenvalue weighted by atomic mass is 9.96. The number of carbonyl (C=O) groups excluding carboxylic acids is 3. The van der Waals surface area contributed by atoms with Gasteiger partial charge in [0.25, 0.3) is 11.7 Å². The van der Waals surface area contributed by atoms with Gasteiger partial charge in [-0.25, -0.2) is 0 Å². The summed E-state index contributed by atoms with van der Waals surface area (Å²) in [6.45, 7) is 3.81. The molecule has 1 amide bonds. The van der Waals surface area contributed by atoms with Crippen molar-refractivity contribution in [3.05, 3.63) is 94.8 Å². The molecule has 1 aliphatic heterocycles. The number of nitrogens with zero attached hydrogens (tertiary/aromatic N) is 2. The third kappa shape index (κ3) is 4.70. The molecule has 184 valence electrons. The number of carbonyl (C=O) groups is 3. The normalized spacial score (nSPS) is 16.8. The van der Waals surface area contributed by atoms with Crippen LogP contribution >= 0.6 is 0 Å². The third-order valence-electron chi connectivity index (χ3n) is 5.97. The summed E-state index contributed by atoms with van der Waals surface area (Å²) in [6.07, 6.45) is 1.66. The van der Waals surface area contributed by atoms with Gasteiger partial charge in [0, 0.05) is 17.4 Å². The van der Waals surface area contributed by atoms with Crippen LogP contribution in [0.2, 0.25) is 0 Å². The minimum atomic E-state index is -0.941. The number of Topliss-reactive ketones (excluding diaryl/α,β-unsaturated/α-hetero) is 1. The van der Waals surface area contributed by atoms with Gasteiger partial charge >= 0.3 is 5.97 Å². The van der Waals surface area contributed by atoms with Crippen molar-refractivity contribution in [3.63, 3.8) is 0 Å². The molecule has 2 aromatic carbocycles. The highest BCUT2D eigenvalue weighted by Crippen LogP contribution is 2.42. The Labute approximate surface area is 208 Å². The molecular weight excluding hydrogens is 460 g/mol. The zero-order valence-corrected chi connectivity index (χ0v) is 20.2. The Kier molecular flexibility index (Phi) is 7.15. The molecule has 1 aliphatic rings. The second-order valence-electron chi connectivity index (χ2n) is 8.25. The van der Waals surface area contributed by atoms with E-state index in [2.05, 4.69) is 4.98 Å². The zero-order chi connectivity index (χ0) is 25.8. The molecule has 36 heavy (non-hydrogen) atoms. The van der Waals surface area contributed by atoms with Crippen LogP contribution in [0, 0.1) is 6.92 Å². The molecule has 1 N–H and O–H groups in total. The number of aliphatic hydroxyl groups excluding tert-OH is 1. The van der Waals surface area contributed by atoms with E-state index in [1.165, 1.54) is 4.90 Å². The van der Waals surface area contributed by atoms with E-state index in [9.17, 15) is 19.5 Å². The third-order valence-corrected chi connectivity index (χ3v) is 5.97. The number of aliphatic hydroxyl groups is 1. The fraction of sp³-hybridized carbons (Fsp3) is 0.214. The Morgan fingerprint density at radius 3 is 2.44 bits per heavy atom. The number of amides is 1. The van der Waals surface area contributed by atoms with Gasteiger partial charge in [-0.3, -0.25) is 24.3 Å². The van der Waals surface area contributed by atoms with Gasteiger partial charge < -0.3 is 14.6 Å². The number of anilines is 1. The van der Waals surface area contributed by atoms with Crippen molar-refractivity contribution in [2.45, 2.75) is 26.3 Å². The van der Waals surface area contributed by atoms with Crippen molar-refractivity contribution in [1.29, 1.82) is 0 Å². The lowest BCUT2D eigenvalue weighted by molar-refractivity contribution is -0.142. The maximum atomic E-state index is 13.3. The summed E-state index contributed by atoms with van der Waals surface area (Å²) in [4.78, 5) is 44.1. The van der Waals surface area contributed by atoms with Gasteiger partial charge in [0.1, 0.15) is 17.6 Å². The molecule has 8 nitrogen and oxygen atoms in total. The number of pyridine rings is 1. The van der Waals surface area contributed by atoms with Crippen molar-refractivity contribution in [1.82, 2.24) is 4.98 Å². The Bertz CT molecular complexity index is 1330. The smallest absolute Gasteiger partial charge is 0.310 e. The van der Waals surface area contributed by atoms with Gasteiger partial charge in [-0.05, 0) is 67.4 Å². The molecule has 4 rings (SSSR count). The molecule has 0 radical (unpaired) electrons. The highest BCUT2D eigenvalue weighted by molar-refractivity contribution is 6.51. The first-order valence-corrected chi connectivity index (χ1v) is 11.5. The molecule has 2 heterocycles. The van der Waals surface area contributed by atoms with Crippen LogP contribution in [0.25, 0.3) is 5.76 Å². The van der Waals surface area contributed by atoms with E-state index in [1.807, 2.05) is 0 Å². The molecule has 8 heteroatoms. The van der Waals surface area contributed by atoms with E-state index in [0.29, 0.717) is 40.4 Å². The summed E-state index contributed by atoms with van der Waals surface area (Å²) in [5.74, 6) is -1.63. The van der Waals surface area contributed by atoms with Gasteiger partial charge in [0.05, 0.1) is 31.4 Å². The van der Waals surface area contributed by atoms with Crippen molar-refractivity contribution in [2.75, 3.05) is 18.6 Å². The van der Waals surface area contributed by atoms with E-state index >= 15 is 0 Å². The van der Waals surface area contributed by atoms with E-state index < -0.39 is 17.7 Å². The van der Waals surface area contributed by atoms with E-state index in [1.54, 1.807) is 87.8 Å². The fourth-order valence-electron chi connectivity index (χ4n) is 4.24. The number of ether oxygens (including phenoxy) is 2. The highest BCUT2D eigenvalue weighted by atomic mass is 16.5. The first-order valence-electron chi connectivity index (χ1n) is 11.5. The molecule has 0 bridgehead atoms. The molecule has 1 saturated heterocycles. The quantitative estimate of drug-likeness (QED) is 0.232. The predicted molar refractivity (Wildman–Crippen MR) is 134 cm³/mol. The van der Waals surface area contributed by atoms with Gasteiger partial charge in [0.2, 0.25) is 0 Å². The number of ketones is 1. The Morgan fingerprint density at radius 1 is 1.08 bits per heavy atom. The van der Waals surface area contributed by atoms with Crippen molar-refractivity contribution >= 4 is 29.1 Å². The van der Waals surface area contributed by atoms with Crippen LogP contribution in [0.5, 0.6) is 5.75 Å². The molecule has 1 unspecified atom stereocenters. The van der Waals surface area contributed by atoms with Crippen LogP contribution in [0.3, 0.4) is 0 Å². The van der Waals surface area contributed by atoms with Crippen LogP contribution in [0.1, 0.15) is 35.3 Å². The van der Waals surface area contributed by atoms with Gasteiger partial charge in [-0.1, -0.05) is 18.2 Å². The fourth-order valence-corrected chi connectivity index (χ4v) is 4.24. The molecule has 1 fully saturated rings. The predicted octanol–water partition coefficient (Wildman–Crippen LogP) is 4.13. The summed E-state index contributed by atoms with van der Waals surface area (Å²) in [6, 6.07) is 16.0. The van der Waals surface area contributed by atoms with Crippen LogP contribution < -0.4 is 9.64 Å². The lowest BCUT2D eigenvalue weighted by Crippen LogP contribution is -2.29. The Balaban J connectivity index is 1.81. The number of aromatic nitrogens is 1. The van der Waals surface area contributed by atoms with E-state index in [0.717, 1.165) is 0 Å². The minimum Gasteiger partial charge on any atom is -0.507 e. The molecule has 0 saturated carbocycles. The SMILES string of the molecule is CCOC(=O)Cc1ccc(N2C(=O)C(=O)/C(=C(\O)c3ccc(OC)cc3C)C2c2ccccn2)cc1. The van der Waals surface area contributed by atoms with Crippen LogP contribution in [0.15, 0.2) is 72.4 Å². The first kappa shape index (κ1) is 24.7. The second kappa shape index (κ2) is 10.4. The maximum absolute atomic E-state index is 13.3. The van der Waals surface area contributed by atoms with Crippen LogP contribution in [-0.4, -0.2) is 41.5 Å². The topological polar surface area (TPSA) is 106 Å². The standard InChI is InChI=1S/C28H26N2O6/c1-4-36-23(31)16-18-8-10-19(11-9-18)30-25(22-7-5-6-14-29-22)24(27(33)28(30)34)26(32)21-13-12-20(35-3)15-17(21)2/h5-15,25,32H,4,16H2,1-3H3/b26-24-. The number of esters is 1. The van der Waals surface area contributed by atoms with Crippen molar-refractivity contribution in [2.24, 2.45) is 0 Å². The average Bonchev–Trinajstić information content (AvgIpc) is 3.15. The first-order chi connectivity index (χ1) is 17.3. The molecular formula is C28H26N2O6. The molecule has 1 atom stereocenters. The summed E-state index contributed by atoms with van der Waals surface area (Å²) < 4.78 is 10.2. The number of hydrogen-bond acceptors (Lipinski definition) is 7. The molecule has 0 aliphatic carbocycles. The summed E-state index contributed by atoms with van der Waals surface area (Å²) in [5.41, 5.74) is 2.62. The summed E-state index contributed by atoms with van der Waals surface area (Å²) >= 11 is 0. The monoisotopic (exact) mass is 486 g/mol. The minimum absolute atomic E-state index is 0.0532.